The number of rotatable bonds is 6. The van der Waals surface area contributed by atoms with Gasteiger partial charge in [0.15, 0.2) is 0 Å². The van der Waals surface area contributed by atoms with E-state index in [4.69, 9.17) is 28.3 Å². The average molecular weight is 330 g/mol. The summed E-state index contributed by atoms with van der Waals surface area (Å²) in [7, 11) is -3.84. The molecule has 0 amide bonds. The van der Waals surface area contributed by atoms with Gasteiger partial charge in [-0.2, -0.15) is 0 Å². The molecular weight excluding hydrogens is 320 g/mol. The quantitative estimate of drug-likeness (QED) is 0.840. The number of carboxylic acid groups (broad SMARTS) is 1. The van der Waals surface area contributed by atoms with E-state index in [1.165, 1.54) is 6.07 Å². The van der Waals surface area contributed by atoms with Crippen molar-refractivity contribution in [2.24, 2.45) is 0 Å². The average Bonchev–Trinajstić information content (AvgIpc) is 2.31. The fraction of sp³-hybridized carbons (Fsp3) is 0.300. The number of hydrogen-bond donors (Lipinski definition) is 2. The fourth-order valence-corrected chi connectivity index (χ4v) is 3.03. The Labute approximate surface area is 119 Å². The smallest absolute Gasteiger partial charge is 0.337 e. The Bertz CT molecular complexity index is 591. The van der Waals surface area contributed by atoms with Gasteiger partial charge in [0.05, 0.1) is 33.7 Å². The highest BCUT2D eigenvalue weighted by molar-refractivity contribution is 7.92. The van der Waals surface area contributed by atoms with E-state index < -0.39 is 28.4 Å². The van der Waals surface area contributed by atoms with Crippen LogP contribution in [0.15, 0.2) is 12.1 Å². The van der Waals surface area contributed by atoms with Crippen molar-refractivity contribution in [2.45, 2.75) is 6.42 Å². The summed E-state index contributed by atoms with van der Waals surface area (Å²) in [5.41, 5.74) is -0.503. The number of alkyl halides is 1. The highest BCUT2D eigenvalue weighted by Crippen LogP contribution is 2.34. The molecule has 0 aliphatic rings. The number of nitrogens with one attached hydrogen (secondary N) is 1. The number of benzene rings is 1. The summed E-state index contributed by atoms with van der Waals surface area (Å²) in [6, 6.07) is 2.37. The molecule has 2 N–H and O–H groups in total. The molecule has 0 fully saturated rings. The third-order valence-electron chi connectivity index (χ3n) is 2.13. The molecule has 1 aromatic rings. The summed E-state index contributed by atoms with van der Waals surface area (Å²) in [6.07, 6.45) is -0.177. The van der Waals surface area contributed by atoms with E-state index in [-0.39, 0.29) is 27.7 Å². The second-order valence-corrected chi connectivity index (χ2v) is 6.18. The number of carbonyl (C=O) groups is 1. The predicted octanol–water partition coefficient (Wildman–Crippen LogP) is 2.79. The molecule has 0 unspecified atom stereocenters. The van der Waals surface area contributed by atoms with Crippen LogP contribution >= 0.6 is 23.2 Å². The first-order chi connectivity index (χ1) is 8.78. The standard InChI is InChI=1S/C10H10Cl2FNO4S/c11-7-3-2-6(10(15)16)8(12)9(7)14-19(17,18)5-1-4-13/h2-3,14H,1,4-5H2,(H,15,16). The van der Waals surface area contributed by atoms with Crippen molar-refractivity contribution in [2.75, 3.05) is 17.1 Å². The zero-order valence-corrected chi connectivity index (χ0v) is 11.8. The number of halogens is 3. The van der Waals surface area contributed by atoms with Gasteiger partial charge in [-0.15, -0.1) is 0 Å². The van der Waals surface area contributed by atoms with Gasteiger partial charge in [0, 0.05) is 0 Å². The van der Waals surface area contributed by atoms with E-state index in [0.717, 1.165) is 6.07 Å². The van der Waals surface area contributed by atoms with Gasteiger partial charge >= 0.3 is 5.97 Å². The Kier molecular flexibility index (Phi) is 5.39. The Morgan fingerprint density at radius 3 is 2.53 bits per heavy atom. The van der Waals surface area contributed by atoms with Gasteiger partial charge in [0.25, 0.3) is 0 Å². The van der Waals surface area contributed by atoms with Crippen molar-refractivity contribution < 1.29 is 22.7 Å². The van der Waals surface area contributed by atoms with Gasteiger partial charge in [0.1, 0.15) is 0 Å². The minimum absolute atomic E-state index is 0.0428. The number of hydrogen-bond acceptors (Lipinski definition) is 3. The predicted molar refractivity (Wildman–Crippen MR) is 71.4 cm³/mol. The van der Waals surface area contributed by atoms with Crippen molar-refractivity contribution in [3.8, 4) is 0 Å². The first-order valence-corrected chi connectivity index (χ1v) is 7.47. The molecule has 0 radical (unpaired) electrons. The number of aromatic carboxylic acids is 1. The van der Waals surface area contributed by atoms with Crippen molar-refractivity contribution >= 4 is 44.9 Å². The molecule has 1 rings (SSSR count). The molecule has 19 heavy (non-hydrogen) atoms. The molecule has 9 heteroatoms. The Morgan fingerprint density at radius 1 is 1.37 bits per heavy atom. The summed E-state index contributed by atoms with van der Waals surface area (Å²) in [6.45, 7) is -0.780. The van der Waals surface area contributed by atoms with Crippen molar-refractivity contribution in [1.82, 2.24) is 0 Å². The molecule has 0 heterocycles. The number of sulfonamides is 1. The maximum Gasteiger partial charge on any atom is 0.337 e. The molecule has 0 saturated heterocycles. The first kappa shape index (κ1) is 16.0. The second kappa shape index (κ2) is 6.40. The number of anilines is 1. The molecule has 0 spiro atoms. The van der Waals surface area contributed by atoms with E-state index in [1.54, 1.807) is 0 Å². The minimum Gasteiger partial charge on any atom is -0.478 e. The van der Waals surface area contributed by atoms with E-state index in [9.17, 15) is 17.6 Å². The van der Waals surface area contributed by atoms with Crippen molar-refractivity contribution in [1.29, 1.82) is 0 Å². The van der Waals surface area contributed by atoms with E-state index in [1.807, 2.05) is 0 Å². The van der Waals surface area contributed by atoms with Crippen molar-refractivity contribution in [3.63, 3.8) is 0 Å². The molecule has 0 atom stereocenters. The van der Waals surface area contributed by atoms with Crippen LogP contribution in [0, 0.1) is 0 Å². The molecular formula is C10H10Cl2FNO4S. The normalized spacial score (nSPS) is 11.3. The summed E-state index contributed by atoms with van der Waals surface area (Å²) in [5.74, 6) is -1.76. The molecule has 0 aliphatic heterocycles. The highest BCUT2D eigenvalue weighted by Gasteiger charge is 2.19. The van der Waals surface area contributed by atoms with Gasteiger partial charge < -0.3 is 5.11 Å². The summed E-state index contributed by atoms with van der Waals surface area (Å²) < 4.78 is 37.2. The molecule has 5 nitrogen and oxygen atoms in total. The topological polar surface area (TPSA) is 83.5 Å². The van der Waals surface area contributed by atoms with E-state index in [2.05, 4.69) is 4.72 Å². The maximum atomic E-state index is 12.0. The third kappa shape index (κ3) is 4.22. The van der Waals surface area contributed by atoms with Crippen molar-refractivity contribution in [3.05, 3.63) is 27.7 Å². The van der Waals surface area contributed by atoms with E-state index >= 15 is 0 Å². The summed E-state index contributed by atoms with van der Waals surface area (Å²) in [5, 5.41) is 8.51. The van der Waals surface area contributed by atoms with Gasteiger partial charge in [-0.3, -0.25) is 9.11 Å². The van der Waals surface area contributed by atoms with E-state index in [0.29, 0.717) is 0 Å². The lowest BCUT2D eigenvalue weighted by Gasteiger charge is -2.12. The van der Waals surface area contributed by atoms with Gasteiger partial charge in [0.2, 0.25) is 10.0 Å². The second-order valence-electron chi connectivity index (χ2n) is 3.55. The first-order valence-electron chi connectivity index (χ1n) is 5.06. The van der Waals surface area contributed by atoms with Crippen LogP contribution < -0.4 is 4.72 Å². The molecule has 0 aromatic heterocycles. The van der Waals surface area contributed by atoms with Gasteiger partial charge in [-0.25, -0.2) is 13.2 Å². The molecule has 1 aromatic carbocycles. The van der Waals surface area contributed by atoms with Gasteiger partial charge in [-0.1, -0.05) is 23.2 Å². The van der Waals surface area contributed by atoms with Crippen LogP contribution in [0.1, 0.15) is 16.8 Å². The molecule has 0 saturated carbocycles. The van der Waals surface area contributed by atoms with Crippen LogP contribution in [-0.2, 0) is 10.0 Å². The van der Waals surface area contributed by atoms with Crippen LogP contribution in [0.3, 0.4) is 0 Å². The highest BCUT2D eigenvalue weighted by atomic mass is 35.5. The monoisotopic (exact) mass is 329 g/mol. The lowest BCUT2D eigenvalue weighted by atomic mass is 10.2. The Balaban J connectivity index is 3.14. The maximum absolute atomic E-state index is 12.0. The largest absolute Gasteiger partial charge is 0.478 e. The molecule has 0 bridgehead atoms. The van der Waals surface area contributed by atoms with Crippen LogP contribution in [-0.4, -0.2) is 31.9 Å². The summed E-state index contributed by atoms with van der Waals surface area (Å²) >= 11 is 11.6. The zero-order valence-electron chi connectivity index (χ0n) is 9.49. The lowest BCUT2D eigenvalue weighted by Crippen LogP contribution is -2.18. The minimum atomic E-state index is -3.84. The molecule has 106 valence electrons. The fourth-order valence-electron chi connectivity index (χ4n) is 1.26. The zero-order chi connectivity index (χ0) is 14.6. The van der Waals surface area contributed by atoms with Crippen LogP contribution in [0.5, 0.6) is 0 Å². The Morgan fingerprint density at radius 2 is 2.00 bits per heavy atom. The van der Waals surface area contributed by atoms with Crippen LogP contribution in [0.2, 0.25) is 10.0 Å². The van der Waals surface area contributed by atoms with Crippen LogP contribution in [0.25, 0.3) is 0 Å². The summed E-state index contributed by atoms with van der Waals surface area (Å²) in [4.78, 5) is 10.9. The third-order valence-corrected chi connectivity index (χ3v) is 4.17. The molecule has 0 aliphatic carbocycles. The van der Waals surface area contributed by atoms with Crippen LogP contribution in [0.4, 0.5) is 10.1 Å². The van der Waals surface area contributed by atoms with Gasteiger partial charge in [-0.05, 0) is 18.6 Å². The lowest BCUT2D eigenvalue weighted by molar-refractivity contribution is 0.0697. The SMILES string of the molecule is O=C(O)c1ccc(Cl)c(NS(=O)(=O)CCCF)c1Cl. The number of carboxylic acids is 1. The Hall–Kier alpha value is -1.05.